The number of nitrogens with one attached hydrogen (secondary N) is 1. The van der Waals surface area contributed by atoms with Gasteiger partial charge in [0, 0.05) is 36.8 Å². The van der Waals surface area contributed by atoms with Gasteiger partial charge in [-0.05, 0) is 43.9 Å². The first kappa shape index (κ1) is 19.1. The van der Waals surface area contributed by atoms with Crippen molar-refractivity contribution in [2.75, 3.05) is 34.8 Å². The molecule has 2 aliphatic heterocycles. The van der Waals surface area contributed by atoms with E-state index in [0.717, 1.165) is 42.2 Å². The Labute approximate surface area is 172 Å². The molecule has 1 N–H and O–H groups in total. The van der Waals surface area contributed by atoms with Crippen molar-refractivity contribution in [2.24, 2.45) is 5.92 Å². The molecule has 1 aromatic carbocycles. The first-order chi connectivity index (χ1) is 13.5. The van der Waals surface area contributed by atoms with E-state index < -0.39 is 0 Å². The molecule has 0 radical (unpaired) electrons. The third kappa shape index (κ3) is 3.98. The standard InChI is InChI=1S/C19H22ClN5O2S/c1-12-6-7-14(20)10-15(12)21-17(27)13-4-2-8-24(11-13)18-22-23-19(28-18)25-9-3-5-16(25)26/h6-7,10,13H,2-5,8-9,11H2,1H3,(H,21,27)/t13-/m0/s1. The summed E-state index contributed by atoms with van der Waals surface area (Å²) in [6, 6.07) is 5.49. The van der Waals surface area contributed by atoms with Gasteiger partial charge in [-0.1, -0.05) is 29.0 Å². The Morgan fingerprint density at radius 2 is 2.07 bits per heavy atom. The van der Waals surface area contributed by atoms with Crippen molar-refractivity contribution in [2.45, 2.75) is 32.6 Å². The lowest BCUT2D eigenvalue weighted by atomic mass is 9.97. The van der Waals surface area contributed by atoms with Crippen LogP contribution in [0.4, 0.5) is 16.0 Å². The second kappa shape index (κ2) is 8.05. The van der Waals surface area contributed by atoms with Crippen LogP contribution < -0.4 is 15.1 Å². The van der Waals surface area contributed by atoms with Crippen LogP contribution in [0.3, 0.4) is 0 Å². The maximum atomic E-state index is 12.8. The number of rotatable bonds is 4. The lowest BCUT2D eigenvalue weighted by molar-refractivity contribution is -0.120. The normalized spacial score (nSPS) is 19.9. The summed E-state index contributed by atoms with van der Waals surface area (Å²) in [4.78, 5) is 28.5. The molecule has 28 heavy (non-hydrogen) atoms. The van der Waals surface area contributed by atoms with Gasteiger partial charge >= 0.3 is 0 Å². The van der Waals surface area contributed by atoms with E-state index in [1.807, 2.05) is 19.1 Å². The van der Waals surface area contributed by atoms with E-state index in [1.165, 1.54) is 11.3 Å². The first-order valence-corrected chi connectivity index (χ1v) is 10.7. The average Bonchev–Trinajstić information content (AvgIpc) is 3.33. The maximum Gasteiger partial charge on any atom is 0.229 e. The highest BCUT2D eigenvalue weighted by molar-refractivity contribution is 7.19. The van der Waals surface area contributed by atoms with Crippen LogP contribution in [0.15, 0.2) is 18.2 Å². The molecule has 0 saturated carbocycles. The Hall–Kier alpha value is -2.19. The zero-order valence-electron chi connectivity index (χ0n) is 15.7. The predicted molar refractivity (Wildman–Crippen MR) is 111 cm³/mol. The predicted octanol–water partition coefficient (Wildman–Crippen LogP) is 3.48. The molecule has 2 aliphatic rings. The highest BCUT2D eigenvalue weighted by Gasteiger charge is 2.30. The number of amides is 2. The summed E-state index contributed by atoms with van der Waals surface area (Å²) < 4.78 is 0. The summed E-state index contributed by atoms with van der Waals surface area (Å²) >= 11 is 7.48. The minimum Gasteiger partial charge on any atom is -0.346 e. The van der Waals surface area contributed by atoms with Crippen LogP contribution in [0.1, 0.15) is 31.2 Å². The van der Waals surface area contributed by atoms with Gasteiger partial charge in [0.25, 0.3) is 0 Å². The summed E-state index contributed by atoms with van der Waals surface area (Å²) in [7, 11) is 0. The van der Waals surface area contributed by atoms with E-state index >= 15 is 0 Å². The van der Waals surface area contributed by atoms with Crippen LogP contribution in [0.25, 0.3) is 0 Å². The number of carbonyl (C=O) groups is 2. The van der Waals surface area contributed by atoms with Gasteiger partial charge < -0.3 is 10.2 Å². The number of hydrogen-bond acceptors (Lipinski definition) is 6. The topological polar surface area (TPSA) is 78.4 Å². The van der Waals surface area contributed by atoms with Crippen LogP contribution in [0.5, 0.6) is 0 Å². The maximum absolute atomic E-state index is 12.8. The number of carbonyl (C=O) groups excluding carboxylic acids is 2. The molecule has 0 bridgehead atoms. The summed E-state index contributed by atoms with van der Waals surface area (Å²) in [5, 5.41) is 13.5. The Morgan fingerprint density at radius 1 is 1.25 bits per heavy atom. The number of piperidine rings is 1. The highest BCUT2D eigenvalue weighted by atomic mass is 35.5. The molecule has 3 heterocycles. The first-order valence-electron chi connectivity index (χ1n) is 9.47. The molecule has 0 spiro atoms. The lowest BCUT2D eigenvalue weighted by Crippen LogP contribution is -2.40. The van der Waals surface area contributed by atoms with Gasteiger partial charge in [-0.2, -0.15) is 0 Å². The van der Waals surface area contributed by atoms with E-state index in [2.05, 4.69) is 20.4 Å². The molecule has 9 heteroatoms. The number of benzene rings is 1. The molecule has 0 aliphatic carbocycles. The lowest BCUT2D eigenvalue weighted by Gasteiger charge is -2.31. The van der Waals surface area contributed by atoms with Gasteiger partial charge in [0.1, 0.15) is 0 Å². The van der Waals surface area contributed by atoms with Gasteiger partial charge in [0.05, 0.1) is 5.92 Å². The number of nitrogens with zero attached hydrogens (tertiary/aromatic N) is 4. The van der Waals surface area contributed by atoms with E-state index in [-0.39, 0.29) is 17.7 Å². The van der Waals surface area contributed by atoms with Crippen molar-refractivity contribution in [3.8, 4) is 0 Å². The van der Waals surface area contributed by atoms with Crippen molar-refractivity contribution < 1.29 is 9.59 Å². The summed E-state index contributed by atoms with van der Waals surface area (Å²) in [6.45, 7) is 4.08. The van der Waals surface area contributed by atoms with Crippen LogP contribution in [-0.2, 0) is 9.59 Å². The van der Waals surface area contributed by atoms with Gasteiger partial charge in [0.2, 0.25) is 22.1 Å². The average molecular weight is 420 g/mol. The summed E-state index contributed by atoms with van der Waals surface area (Å²) in [5.41, 5.74) is 1.73. The van der Waals surface area contributed by atoms with Crippen LogP contribution in [0, 0.1) is 12.8 Å². The molecule has 0 unspecified atom stereocenters. The minimum atomic E-state index is -0.132. The molecule has 1 atom stereocenters. The Balaban J connectivity index is 1.43. The monoisotopic (exact) mass is 419 g/mol. The van der Waals surface area contributed by atoms with E-state index in [9.17, 15) is 9.59 Å². The molecule has 2 fully saturated rings. The number of anilines is 3. The zero-order valence-corrected chi connectivity index (χ0v) is 17.2. The Kier molecular flexibility index (Phi) is 5.50. The fourth-order valence-corrected chi connectivity index (χ4v) is 4.72. The minimum absolute atomic E-state index is 0.00507. The second-order valence-corrected chi connectivity index (χ2v) is 8.62. The molecule has 148 valence electrons. The van der Waals surface area contributed by atoms with Gasteiger partial charge in [0.15, 0.2) is 0 Å². The number of aryl methyl sites for hydroxylation is 1. The molecule has 1 aromatic heterocycles. The molecule has 2 saturated heterocycles. The van der Waals surface area contributed by atoms with Gasteiger partial charge in [-0.3, -0.25) is 14.5 Å². The smallest absolute Gasteiger partial charge is 0.229 e. The third-order valence-corrected chi connectivity index (χ3v) is 6.47. The molecule has 2 amide bonds. The largest absolute Gasteiger partial charge is 0.346 e. The van der Waals surface area contributed by atoms with Crippen molar-refractivity contribution >= 4 is 50.7 Å². The quantitative estimate of drug-likeness (QED) is 0.820. The number of aromatic nitrogens is 2. The van der Waals surface area contributed by atoms with Crippen LogP contribution in [0.2, 0.25) is 5.02 Å². The van der Waals surface area contributed by atoms with Crippen molar-refractivity contribution in [1.82, 2.24) is 10.2 Å². The van der Waals surface area contributed by atoms with Crippen molar-refractivity contribution in [1.29, 1.82) is 0 Å². The summed E-state index contributed by atoms with van der Waals surface area (Å²) in [6.07, 6.45) is 3.18. The number of halogens is 1. The molecule has 7 nitrogen and oxygen atoms in total. The Morgan fingerprint density at radius 3 is 2.86 bits per heavy atom. The molecular weight excluding hydrogens is 398 g/mol. The van der Waals surface area contributed by atoms with E-state index in [0.29, 0.717) is 29.7 Å². The van der Waals surface area contributed by atoms with E-state index in [4.69, 9.17) is 11.6 Å². The number of hydrogen-bond donors (Lipinski definition) is 1. The van der Waals surface area contributed by atoms with Crippen molar-refractivity contribution in [3.63, 3.8) is 0 Å². The molecule has 4 rings (SSSR count). The third-order valence-electron chi connectivity index (χ3n) is 5.23. The Bertz CT molecular complexity index is 902. The second-order valence-electron chi connectivity index (χ2n) is 7.25. The van der Waals surface area contributed by atoms with Gasteiger partial charge in [-0.25, -0.2) is 0 Å². The SMILES string of the molecule is Cc1ccc(Cl)cc1NC(=O)[C@H]1CCCN(c2nnc(N3CCCC3=O)s2)C1. The zero-order chi connectivity index (χ0) is 19.7. The molecule has 2 aromatic rings. The highest BCUT2D eigenvalue weighted by Crippen LogP contribution is 2.32. The van der Waals surface area contributed by atoms with Crippen LogP contribution >= 0.6 is 22.9 Å². The molecular formula is C19H22ClN5O2S. The summed E-state index contributed by atoms with van der Waals surface area (Å²) in [5.74, 6) is -0.0297. The van der Waals surface area contributed by atoms with Crippen molar-refractivity contribution in [3.05, 3.63) is 28.8 Å². The fourth-order valence-electron chi connectivity index (χ4n) is 3.62. The fraction of sp³-hybridized carbons (Fsp3) is 0.474. The van der Waals surface area contributed by atoms with Gasteiger partial charge in [-0.15, -0.1) is 10.2 Å². The van der Waals surface area contributed by atoms with Crippen LogP contribution in [-0.4, -0.2) is 41.6 Å². The van der Waals surface area contributed by atoms with E-state index in [1.54, 1.807) is 11.0 Å².